The fraction of sp³-hybridized carbons (Fsp3) is 0.318. The van der Waals surface area contributed by atoms with Gasteiger partial charge in [-0.1, -0.05) is 30.0 Å². The Hall–Kier alpha value is -2.80. The Bertz CT molecular complexity index is 980. The van der Waals surface area contributed by atoms with E-state index in [1.54, 1.807) is 0 Å². The van der Waals surface area contributed by atoms with Crippen molar-refractivity contribution >= 4 is 29.0 Å². The van der Waals surface area contributed by atoms with Crippen molar-refractivity contribution in [1.29, 1.82) is 0 Å². The average molecular weight is 408 g/mol. The third-order valence-electron chi connectivity index (χ3n) is 4.92. The number of amides is 1. The molecule has 3 aromatic rings. The summed E-state index contributed by atoms with van der Waals surface area (Å²) in [4.78, 5) is 14.8. The smallest absolute Gasteiger partial charge is 0.237 e. The summed E-state index contributed by atoms with van der Waals surface area (Å²) >= 11 is 1.44. The first kappa shape index (κ1) is 19.5. The van der Waals surface area contributed by atoms with Crippen LogP contribution in [0, 0.1) is 0 Å². The molecule has 1 unspecified atom stereocenters. The summed E-state index contributed by atoms with van der Waals surface area (Å²) in [6.45, 7) is 1.90. The number of hydrogen-bond donors (Lipinski definition) is 1. The molecule has 150 valence electrons. The maximum absolute atomic E-state index is 12.7. The van der Waals surface area contributed by atoms with Gasteiger partial charge in [0.1, 0.15) is 5.82 Å². The van der Waals surface area contributed by atoms with Crippen molar-refractivity contribution in [2.45, 2.75) is 36.1 Å². The maximum atomic E-state index is 12.7. The Balaban J connectivity index is 1.49. The van der Waals surface area contributed by atoms with Crippen LogP contribution in [0.4, 0.5) is 11.4 Å². The van der Waals surface area contributed by atoms with Gasteiger partial charge in [-0.2, -0.15) is 0 Å². The number of hydrogen-bond acceptors (Lipinski definition) is 5. The van der Waals surface area contributed by atoms with Gasteiger partial charge in [-0.05, 0) is 56.2 Å². The summed E-state index contributed by atoms with van der Waals surface area (Å²) in [6.07, 6.45) is 2.29. The molecule has 0 bridgehead atoms. The molecule has 0 aliphatic heterocycles. The monoisotopic (exact) mass is 407 g/mol. The quantitative estimate of drug-likeness (QED) is 0.591. The zero-order valence-electron chi connectivity index (χ0n) is 16.9. The first-order valence-electron chi connectivity index (χ1n) is 9.78. The highest BCUT2D eigenvalue weighted by Crippen LogP contribution is 2.41. The minimum absolute atomic E-state index is 0.0526. The number of para-hydroxylation sites is 1. The molecule has 1 fully saturated rings. The molecule has 1 N–H and O–H groups in total. The van der Waals surface area contributed by atoms with Gasteiger partial charge in [-0.25, -0.2) is 0 Å². The molecule has 1 aliphatic rings. The standard InChI is InChI=1S/C22H25N5OS/c1-15(21(28)23-17-11-13-18(14-12-17)26(2)3)29-22-25-24-20(16-9-10-16)27(22)19-7-5-4-6-8-19/h4-8,11-16H,9-10H2,1-3H3,(H,23,28). The molecule has 2 aromatic carbocycles. The van der Waals surface area contributed by atoms with Crippen LogP contribution in [0.15, 0.2) is 59.8 Å². The Labute approximate surface area is 175 Å². The number of thioether (sulfide) groups is 1. The summed E-state index contributed by atoms with van der Waals surface area (Å²) < 4.78 is 2.10. The van der Waals surface area contributed by atoms with Gasteiger partial charge in [0.05, 0.1) is 5.25 Å². The zero-order valence-corrected chi connectivity index (χ0v) is 17.7. The van der Waals surface area contributed by atoms with E-state index in [2.05, 4.69) is 32.2 Å². The number of nitrogens with zero attached hydrogens (tertiary/aromatic N) is 4. The van der Waals surface area contributed by atoms with Gasteiger partial charge in [0.15, 0.2) is 5.16 Å². The first-order chi connectivity index (χ1) is 14.0. The van der Waals surface area contributed by atoms with Crippen molar-refractivity contribution in [1.82, 2.24) is 14.8 Å². The van der Waals surface area contributed by atoms with Crippen molar-refractivity contribution in [2.24, 2.45) is 0 Å². The number of anilines is 2. The number of benzene rings is 2. The van der Waals surface area contributed by atoms with Gasteiger partial charge in [0.2, 0.25) is 5.91 Å². The van der Waals surface area contributed by atoms with Gasteiger partial charge < -0.3 is 10.2 Å². The largest absolute Gasteiger partial charge is 0.378 e. The topological polar surface area (TPSA) is 63.1 Å². The summed E-state index contributed by atoms with van der Waals surface area (Å²) in [5.74, 6) is 1.41. The predicted octanol–water partition coefficient (Wildman–Crippen LogP) is 4.33. The van der Waals surface area contributed by atoms with E-state index in [1.807, 2.05) is 68.4 Å². The van der Waals surface area contributed by atoms with E-state index in [1.165, 1.54) is 11.8 Å². The van der Waals surface area contributed by atoms with Crippen LogP contribution < -0.4 is 10.2 Å². The van der Waals surface area contributed by atoms with Gasteiger partial charge in [0.25, 0.3) is 0 Å². The number of rotatable bonds is 7. The lowest BCUT2D eigenvalue weighted by molar-refractivity contribution is -0.115. The highest BCUT2D eigenvalue weighted by atomic mass is 32.2. The van der Waals surface area contributed by atoms with Crippen molar-refractivity contribution in [3.63, 3.8) is 0 Å². The Morgan fingerprint density at radius 1 is 1.10 bits per heavy atom. The van der Waals surface area contributed by atoms with E-state index < -0.39 is 0 Å². The highest BCUT2D eigenvalue weighted by Gasteiger charge is 2.31. The van der Waals surface area contributed by atoms with Crippen LogP contribution in [0.5, 0.6) is 0 Å². The van der Waals surface area contributed by atoms with E-state index in [9.17, 15) is 4.79 Å². The first-order valence-corrected chi connectivity index (χ1v) is 10.7. The van der Waals surface area contributed by atoms with Crippen LogP contribution in [-0.2, 0) is 4.79 Å². The van der Waals surface area contributed by atoms with Crippen molar-refractivity contribution in [3.8, 4) is 5.69 Å². The molecule has 7 heteroatoms. The molecule has 0 spiro atoms. The molecule has 0 radical (unpaired) electrons. The molecular formula is C22H25N5OS. The predicted molar refractivity (Wildman–Crippen MR) is 118 cm³/mol. The molecule has 1 aromatic heterocycles. The highest BCUT2D eigenvalue weighted by molar-refractivity contribution is 8.00. The number of carbonyl (C=O) groups is 1. The zero-order chi connectivity index (χ0) is 20.4. The van der Waals surface area contributed by atoms with Gasteiger partial charge in [-0.15, -0.1) is 10.2 Å². The van der Waals surface area contributed by atoms with E-state index in [0.29, 0.717) is 5.92 Å². The molecule has 1 heterocycles. The lowest BCUT2D eigenvalue weighted by atomic mass is 10.2. The molecule has 0 saturated heterocycles. The number of nitrogens with one attached hydrogen (secondary N) is 1. The second-order valence-electron chi connectivity index (χ2n) is 7.48. The van der Waals surface area contributed by atoms with Crippen LogP contribution in [0.3, 0.4) is 0 Å². The maximum Gasteiger partial charge on any atom is 0.237 e. The minimum Gasteiger partial charge on any atom is -0.378 e. The van der Waals surface area contributed by atoms with Crippen molar-refractivity contribution in [2.75, 3.05) is 24.3 Å². The van der Waals surface area contributed by atoms with E-state index >= 15 is 0 Å². The van der Waals surface area contributed by atoms with Crippen LogP contribution in [0.25, 0.3) is 5.69 Å². The molecule has 1 saturated carbocycles. The Morgan fingerprint density at radius 2 is 1.79 bits per heavy atom. The summed E-state index contributed by atoms with van der Waals surface area (Å²) in [5, 5.41) is 12.3. The summed E-state index contributed by atoms with van der Waals surface area (Å²) in [7, 11) is 3.98. The normalized spacial score (nSPS) is 14.4. The van der Waals surface area contributed by atoms with Crippen molar-refractivity contribution < 1.29 is 4.79 Å². The molecule has 6 nitrogen and oxygen atoms in total. The molecule has 4 rings (SSSR count). The van der Waals surface area contributed by atoms with Crippen molar-refractivity contribution in [3.05, 3.63) is 60.4 Å². The molecule has 1 amide bonds. The molecule has 29 heavy (non-hydrogen) atoms. The Kier molecular flexibility index (Phi) is 5.58. The number of aromatic nitrogens is 3. The van der Waals surface area contributed by atoms with Gasteiger partial charge >= 0.3 is 0 Å². The van der Waals surface area contributed by atoms with Crippen LogP contribution in [-0.4, -0.2) is 40.0 Å². The Morgan fingerprint density at radius 3 is 2.41 bits per heavy atom. The van der Waals surface area contributed by atoms with E-state index in [4.69, 9.17) is 0 Å². The van der Waals surface area contributed by atoms with Gasteiger partial charge in [-0.3, -0.25) is 9.36 Å². The molecule has 1 atom stereocenters. The van der Waals surface area contributed by atoms with Gasteiger partial charge in [0, 0.05) is 37.1 Å². The fourth-order valence-electron chi connectivity index (χ4n) is 3.08. The van der Waals surface area contributed by atoms with Crippen LogP contribution in [0.1, 0.15) is 31.5 Å². The van der Waals surface area contributed by atoms with E-state index in [0.717, 1.165) is 40.9 Å². The molecular weight excluding hydrogens is 382 g/mol. The average Bonchev–Trinajstić information content (AvgIpc) is 3.49. The van der Waals surface area contributed by atoms with E-state index in [-0.39, 0.29) is 11.2 Å². The van der Waals surface area contributed by atoms with Crippen LogP contribution >= 0.6 is 11.8 Å². The second kappa shape index (κ2) is 8.29. The third kappa shape index (κ3) is 4.45. The lowest BCUT2D eigenvalue weighted by Crippen LogP contribution is -2.23. The molecule has 1 aliphatic carbocycles. The lowest BCUT2D eigenvalue weighted by Gasteiger charge is -2.15. The third-order valence-corrected chi connectivity index (χ3v) is 5.96. The second-order valence-corrected chi connectivity index (χ2v) is 8.78. The summed E-state index contributed by atoms with van der Waals surface area (Å²) in [6, 6.07) is 17.9. The summed E-state index contributed by atoms with van der Waals surface area (Å²) in [5.41, 5.74) is 2.92. The fourth-order valence-corrected chi connectivity index (χ4v) is 3.96. The minimum atomic E-state index is -0.303. The number of carbonyl (C=O) groups excluding carboxylic acids is 1. The SMILES string of the molecule is CC(Sc1nnc(C2CC2)n1-c1ccccc1)C(=O)Nc1ccc(N(C)C)cc1. The van der Waals surface area contributed by atoms with Crippen LogP contribution in [0.2, 0.25) is 0 Å².